The number of carbonyl (C=O) groups excluding carboxylic acids is 1. The first-order valence-corrected chi connectivity index (χ1v) is 8.28. The molecule has 0 spiro atoms. The molecular weight excluding hydrogens is 252 g/mol. The molecule has 2 N–H and O–H groups in total. The topological polar surface area (TPSA) is 52.6 Å². The van der Waals surface area contributed by atoms with E-state index >= 15 is 0 Å². The van der Waals surface area contributed by atoms with Crippen molar-refractivity contribution in [1.82, 2.24) is 10.2 Å². The number of urea groups is 1. The van der Waals surface area contributed by atoms with Gasteiger partial charge in [0.1, 0.15) is 0 Å². The lowest BCUT2D eigenvalue weighted by Gasteiger charge is -2.38. The molecule has 2 rings (SSSR count). The maximum absolute atomic E-state index is 12.4. The maximum atomic E-state index is 12.4. The molecule has 3 unspecified atom stereocenters. The highest BCUT2D eigenvalue weighted by atomic mass is 16.3. The number of nitrogens with zero attached hydrogens (tertiary/aromatic N) is 1. The molecule has 1 heterocycles. The van der Waals surface area contributed by atoms with Crippen LogP contribution < -0.4 is 5.32 Å². The Morgan fingerprint density at radius 3 is 2.70 bits per heavy atom. The van der Waals surface area contributed by atoms with Crippen LogP contribution in [0.25, 0.3) is 0 Å². The third kappa shape index (κ3) is 3.87. The second kappa shape index (κ2) is 7.30. The zero-order chi connectivity index (χ0) is 14.5. The van der Waals surface area contributed by atoms with E-state index in [0.717, 1.165) is 25.8 Å². The molecule has 0 aromatic heterocycles. The fourth-order valence-electron chi connectivity index (χ4n) is 3.79. The van der Waals surface area contributed by atoms with E-state index in [0.29, 0.717) is 24.4 Å². The number of hydrogen-bond acceptors (Lipinski definition) is 2. The first-order chi connectivity index (χ1) is 9.61. The van der Waals surface area contributed by atoms with Crippen LogP contribution in [-0.2, 0) is 0 Å². The van der Waals surface area contributed by atoms with Crippen molar-refractivity contribution in [2.24, 2.45) is 17.8 Å². The summed E-state index contributed by atoms with van der Waals surface area (Å²) in [5, 5.41) is 12.5. The molecular formula is C16H30N2O2. The number of rotatable bonds is 3. The number of amides is 2. The Labute approximate surface area is 122 Å². The number of likely N-dealkylation sites (tertiary alicyclic amines) is 1. The van der Waals surface area contributed by atoms with Gasteiger partial charge in [0.15, 0.2) is 0 Å². The highest BCUT2D eigenvalue weighted by Gasteiger charge is 2.31. The van der Waals surface area contributed by atoms with Gasteiger partial charge >= 0.3 is 6.03 Å². The molecule has 3 atom stereocenters. The average molecular weight is 282 g/mol. The fraction of sp³-hybridized carbons (Fsp3) is 0.938. The van der Waals surface area contributed by atoms with Crippen LogP contribution in [0.5, 0.6) is 0 Å². The van der Waals surface area contributed by atoms with Crippen LogP contribution in [0.1, 0.15) is 52.4 Å². The van der Waals surface area contributed by atoms with Gasteiger partial charge in [0.2, 0.25) is 0 Å². The summed E-state index contributed by atoms with van der Waals surface area (Å²) >= 11 is 0. The summed E-state index contributed by atoms with van der Waals surface area (Å²) in [6, 6.07) is 0.423. The first-order valence-electron chi connectivity index (χ1n) is 8.28. The number of aliphatic hydroxyl groups is 1. The van der Waals surface area contributed by atoms with Gasteiger partial charge < -0.3 is 15.3 Å². The van der Waals surface area contributed by atoms with Crippen molar-refractivity contribution in [2.45, 2.75) is 58.4 Å². The molecule has 0 aromatic carbocycles. The van der Waals surface area contributed by atoms with Crippen molar-refractivity contribution >= 4 is 6.03 Å². The van der Waals surface area contributed by atoms with E-state index in [4.69, 9.17) is 0 Å². The Morgan fingerprint density at radius 2 is 2.00 bits per heavy atom. The average Bonchev–Trinajstić information content (AvgIpc) is 2.47. The monoisotopic (exact) mass is 282 g/mol. The summed E-state index contributed by atoms with van der Waals surface area (Å²) in [4.78, 5) is 14.3. The molecule has 0 radical (unpaired) electrons. The van der Waals surface area contributed by atoms with E-state index in [1.54, 1.807) is 0 Å². The smallest absolute Gasteiger partial charge is 0.317 e. The Bertz CT molecular complexity index is 320. The number of carbonyl (C=O) groups is 1. The van der Waals surface area contributed by atoms with Crippen LogP contribution in [0.2, 0.25) is 0 Å². The Kier molecular flexibility index (Phi) is 5.70. The lowest BCUT2D eigenvalue weighted by Crippen LogP contribution is -2.52. The summed E-state index contributed by atoms with van der Waals surface area (Å²) in [6.45, 7) is 6.26. The van der Waals surface area contributed by atoms with Gasteiger partial charge in [0.25, 0.3) is 0 Å². The van der Waals surface area contributed by atoms with Crippen LogP contribution >= 0.6 is 0 Å². The summed E-state index contributed by atoms with van der Waals surface area (Å²) in [7, 11) is 0. The predicted octanol–water partition coefficient (Wildman–Crippen LogP) is 2.62. The SMILES string of the molecule is CC(C)C1CCCCC1NC(=O)N1CCCC(CO)C1. The summed E-state index contributed by atoms with van der Waals surface area (Å²) in [5.74, 6) is 1.51. The molecule has 1 saturated heterocycles. The van der Waals surface area contributed by atoms with E-state index in [1.165, 1.54) is 19.3 Å². The van der Waals surface area contributed by atoms with Crippen LogP contribution in [-0.4, -0.2) is 41.8 Å². The van der Waals surface area contributed by atoms with E-state index in [1.807, 2.05) is 4.90 Å². The minimum Gasteiger partial charge on any atom is -0.396 e. The van der Waals surface area contributed by atoms with Gasteiger partial charge in [-0.2, -0.15) is 0 Å². The highest BCUT2D eigenvalue weighted by Crippen LogP contribution is 2.30. The van der Waals surface area contributed by atoms with Gasteiger partial charge in [0, 0.05) is 25.7 Å². The molecule has 1 aliphatic heterocycles. The third-order valence-electron chi connectivity index (χ3n) is 5.05. The van der Waals surface area contributed by atoms with Crippen LogP contribution in [0.3, 0.4) is 0 Å². The van der Waals surface area contributed by atoms with E-state index in [2.05, 4.69) is 19.2 Å². The van der Waals surface area contributed by atoms with Gasteiger partial charge in [-0.25, -0.2) is 4.79 Å². The zero-order valence-electron chi connectivity index (χ0n) is 13.0. The van der Waals surface area contributed by atoms with Crippen molar-refractivity contribution in [1.29, 1.82) is 0 Å². The van der Waals surface area contributed by atoms with Crippen molar-refractivity contribution < 1.29 is 9.90 Å². The standard InChI is InChI=1S/C16H30N2O2/c1-12(2)14-7-3-4-8-15(14)17-16(20)18-9-5-6-13(10-18)11-19/h12-15,19H,3-11H2,1-2H3,(H,17,20). The molecule has 0 bridgehead atoms. The van der Waals surface area contributed by atoms with Crippen molar-refractivity contribution in [3.8, 4) is 0 Å². The fourth-order valence-corrected chi connectivity index (χ4v) is 3.79. The van der Waals surface area contributed by atoms with Crippen LogP contribution in [0, 0.1) is 17.8 Å². The Balaban J connectivity index is 1.89. The van der Waals surface area contributed by atoms with Gasteiger partial charge in [-0.1, -0.05) is 26.7 Å². The molecule has 4 nitrogen and oxygen atoms in total. The largest absolute Gasteiger partial charge is 0.396 e. The minimum absolute atomic E-state index is 0.0840. The molecule has 2 amide bonds. The maximum Gasteiger partial charge on any atom is 0.317 e. The number of piperidine rings is 1. The Hall–Kier alpha value is -0.770. The first kappa shape index (κ1) is 15.6. The normalized spacial score (nSPS) is 31.4. The number of aliphatic hydroxyl groups excluding tert-OH is 1. The molecule has 116 valence electrons. The molecule has 1 saturated carbocycles. The molecule has 2 fully saturated rings. The summed E-state index contributed by atoms with van der Waals surface area (Å²) in [6.07, 6.45) is 6.93. The summed E-state index contributed by atoms with van der Waals surface area (Å²) < 4.78 is 0. The van der Waals surface area contributed by atoms with Gasteiger partial charge in [-0.3, -0.25) is 0 Å². The summed E-state index contributed by atoms with van der Waals surface area (Å²) in [5.41, 5.74) is 0. The van der Waals surface area contributed by atoms with Gasteiger partial charge in [-0.05, 0) is 43.4 Å². The lowest BCUT2D eigenvalue weighted by atomic mass is 9.78. The highest BCUT2D eigenvalue weighted by molar-refractivity contribution is 5.74. The second-order valence-corrected chi connectivity index (χ2v) is 6.89. The van der Waals surface area contributed by atoms with E-state index < -0.39 is 0 Å². The van der Waals surface area contributed by atoms with Crippen molar-refractivity contribution in [3.05, 3.63) is 0 Å². The number of hydrogen-bond donors (Lipinski definition) is 2. The predicted molar refractivity (Wildman–Crippen MR) is 80.5 cm³/mol. The van der Waals surface area contributed by atoms with Crippen LogP contribution in [0.4, 0.5) is 4.79 Å². The van der Waals surface area contributed by atoms with Crippen molar-refractivity contribution in [2.75, 3.05) is 19.7 Å². The third-order valence-corrected chi connectivity index (χ3v) is 5.05. The van der Waals surface area contributed by atoms with E-state index in [9.17, 15) is 9.90 Å². The van der Waals surface area contributed by atoms with Gasteiger partial charge in [0.05, 0.1) is 0 Å². The molecule has 1 aliphatic carbocycles. The van der Waals surface area contributed by atoms with Crippen molar-refractivity contribution in [3.63, 3.8) is 0 Å². The minimum atomic E-state index is 0.0840. The lowest BCUT2D eigenvalue weighted by molar-refractivity contribution is 0.121. The second-order valence-electron chi connectivity index (χ2n) is 6.89. The number of nitrogens with one attached hydrogen (secondary N) is 1. The molecule has 4 heteroatoms. The quantitative estimate of drug-likeness (QED) is 0.836. The molecule has 0 aromatic rings. The zero-order valence-corrected chi connectivity index (χ0v) is 13.0. The molecule has 2 aliphatic rings. The molecule has 20 heavy (non-hydrogen) atoms. The van der Waals surface area contributed by atoms with E-state index in [-0.39, 0.29) is 18.6 Å². The van der Waals surface area contributed by atoms with Crippen LogP contribution in [0.15, 0.2) is 0 Å². The van der Waals surface area contributed by atoms with Gasteiger partial charge in [-0.15, -0.1) is 0 Å². The Morgan fingerprint density at radius 1 is 1.25 bits per heavy atom.